The third kappa shape index (κ3) is 10.3. The van der Waals surface area contributed by atoms with Gasteiger partial charge in [-0.05, 0) is 83.7 Å². The molecule has 0 aromatic heterocycles. The van der Waals surface area contributed by atoms with Crippen molar-refractivity contribution in [3.63, 3.8) is 0 Å². The van der Waals surface area contributed by atoms with E-state index < -0.39 is 0 Å². The molecule has 2 rings (SSSR count). The fourth-order valence-corrected chi connectivity index (χ4v) is 5.12. The molecule has 234 valence electrons. The molecule has 2 aromatic rings. The third-order valence-electron chi connectivity index (χ3n) is 7.70. The minimum atomic E-state index is -0.388. The van der Waals surface area contributed by atoms with Crippen molar-refractivity contribution in [1.82, 2.24) is 0 Å². The summed E-state index contributed by atoms with van der Waals surface area (Å²) in [4.78, 5) is 24.3. The van der Waals surface area contributed by atoms with Gasteiger partial charge < -0.3 is 31.2 Å². The zero-order chi connectivity index (χ0) is 31.8. The van der Waals surface area contributed by atoms with Gasteiger partial charge in [0.1, 0.15) is 11.5 Å². The first kappa shape index (κ1) is 35.1. The van der Waals surface area contributed by atoms with Crippen molar-refractivity contribution >= 4 is 11.8 Å². The maximum Gasteiger partial charge on any atom is 0.220 e. The number of carbonyl (C=O) groups excluding carboxylic acids is 2. The summed E-state index contributed by atoms with van der Waals surface area (Å²) in [6, 6.07) is 7.72. The molecule has 0 bridgehead atoms. The van der Waals surface area contributed by atoms with Crippen molar-refractivity contribution in [3.8, 4) is 11.5 Å². The second kappa shape index (κ2) is 14.9. The van der Waals surface area contributed by atoms with E-state index in [0.29, 0.717) is 52.1 Å². The molecule has 8 nitrogen and oxygen atoms in total. The molecule has 0 aliphatic heterocycles. The molecular weight excluding hydrogens is 532 g/mol. The van der Waals surface area contributed by atoms with E-state index in [1.807, 2.05) is 79.7 Å². The second-order valence-corrected chi connectivity index (χ2v) is 13.5. The molecular formula is C34H52N2O6. The number of benzene rings is 2. The van der Waals surface area contributed by atoms with Crippen LogP contribution in [-0.2, 0) is 42.7 Å². The van der Waals surface area contributed by atoms with Crippen LogP contribution in [0.15, 0.2) is 24.3 Å². The first-order valence-corrected chi connectivity index (χ1v) is 14.8. The minimum absolute atomic E-state index is 0.228. The molecule has 2 atom stereocenters. The number of aromatic hydroxyl groups is 2. The Bertz CT molecular complexity index is 1130. The highest BCUT2D eigenvalue weighted by atomic mass is 16.5. The predicted octanol–water partition coefficient (Wildman–Crippen LogP) is 5.11. The molecule has 0 saturated heterocycles. The predicted molar refractivity (Wildman–Crippen MR) is 167 cm³/mol. The van der Waals surface area contributed by atoms with E-state index >= 15 is 0 Å². The van der Waals surface area contributed by atoms with E-state index in [0.717, 1.165) is 33.4 Å². The van der Waals surface area contributed by atoms with Crippen molar-refractivity contribution in [1.29, 1.82) is 0 Å². The van der Waals surface area contributed by atoms with Gasteiger partial charge in [0.25, 0.3) is 0 Å². The van der Waals surface area contributed by atoms with Crippen molar-refractivity contribution in [3.05, 3.63) is 57.6 Å². The zero-order valence-electron chi connectivity index (χ0n) is 26.8. The van der Waals surface area contributed by atoms with Crippen molar-refractivity contribution in [2.45, 2.75) is 91.9 Å². The Morgan fingerprint density at radius 2 is 1.00 bits per heavy atom. The Balaban J connectivity index is 1.81. The highest BCUT2D eigenvalue weighted by Crippen LogP contribution is 2.36. The summed E-state index contributed by atoms with van der Waals surface area (Å²) in [6.45, 7) is 17.4. The summed E-state index contributed by atoms with van der Waals surface area (Å²) in [5.41, 5.74) is 16.1. The smallest absolute Gasteiger partial charge is 0.220 e. The maximum absolute atomic E-state index is 12.1. The Kier molecular flexibility index (Phi) is 12.4. The van der Waals surface area contributed by atoms with Gasteiger partial charge in [-0.15, -0.1) is 0 Å². The molecule has 0 fully saturated rings. The summed E-state index contributed by atoms with van der Waals surface area (Å²) in [5.74, 6) is -0.958. The lowest BCUT2D eigenvalue weighted by Crippen LogP contribution is -2.27. The largest absolute Gasteiger partial charge is 0.507 e. The van der Waals surface area contributed by atoms with Gasteiger partial charge in [-0.2, -0.15) is 0 Å². The van der Waals surface area contributed by atoms with E-state index in [9.17, 15) is 19.8 Å². The van der Waals surface area contributed by atoms with Gasteiger partial charge in [-0.3, -0.25) is 9.59 Å². The van der Waals surface area contributed by atoms with Crippen molar-refractivity contribution in [2.75, 3.05) is 26.4 Å². The van der Waals surface area contributed by atoms with Crippen LogP contribution in [0.4, 0.5) is 0 Å². The van der Waals surface area contributed by atoms with Crippen LogP contribution >= 0.6 is 0 Å². The molecule has 6 N–H and O–H groups in total. The van der Waals surface area contributed by atoms with Crippen LogP contribution in [0.5, 0.6) is 11.5 Å². The minimum Gasteiger partial charge on any atom is -0.507 e. The van der Waals surface area contributed by atoms with Gasteiger partial charge >= 0.3 is 0 Å². The van der Waals surface area contributed by atoms with Crippen LogP contribution in [-0.4, -0.2) is 48.5 Å². The summed E-state index contributed by atoms with van der Waals surface area (Å²) >= 11 is 0. The molecule has 2 aromatic carbocycles. The topological polar surface area (TPSA) is 145 Å². The molecule has 2 unspecified atom stereocenters. The molecule has 0 saturated carbocycles. The highest BCUT2D eigenvalue weighted by Gasteiger charge is 2.24. The molecule has 8 heteroatoms. The van der Waals surface area contributed by atoms with Gasteiger partial charge in [-0.1, -0.05) is 65.8 Å². The molecule has 0 spiro atoms. The van der Waals surface area contributed by atoms with E-state index in [4.69, 9.17) is 20.9 Å². The lowest BCUT2D eigenvalue weighted by atomic mass is 9.83. The number of ether oxygens (including phenoxy) is 2. The summed E-state index contributed by atoms with van der Waals surface area (Å²) in [7, 11) is 0. The van der Waals surface area contributed by atoms with E-state index in [2.05, 4.69) is 0 Å². The van der Waals surface area contributed by atoms with E-state index in [1.165, 1.54) is 0 Å². The highest BCUT2D eigenvalue weighted by molar-refractivity contribution is 5.77. The number of carbonyl (C=O) groups is 2. The number of hydrogen-bond acceptors (Lipinski definition) is 6. The van der Waals surface area contributed by atoms with Crippen LogP contribution in [0.1, 0.15) is 87.8 Å². The molecule has 2 amide bonds. The second-order valence-electron chi connectivity index (χ2n) is 13.5. The Morgan fingerprint density at radius 1 is 0.667 bits per heavy atom. The number of nitrogens with two attached hydrogens (primary N) is 2. The van der Waals surface area contributed by atoms with Crippen LogP contribution < -0.4 is 11.5 Å². The van der Waals surface area contributed by atoms with Gasteiger partial charge in [0, 0.05) is 25.0 Å². The lowest BCUT2D eigenvalue weighted by Gasteiger charge is -2.23. The number of aryl methyl sites for hydroxylation is 2. The average Bonchev–Trinajstić information content (AvgIpc) is 2.86. The third-order valence-corrected chi connectivity index (χ3v) is 7.70. The van der Waals surface area contributed by atoms with Crippen LogP contribution in [0.2, 0.25) is 0 Å². The van der Waals surface area contributed by atoms with Crippen LogP contribution in [0, 0.1) is 25.7 Å². The Morgan fingerprint density at radius 3 is 1.29 bits per heavy atom. The van der Waals surface area contributed by atoms with Gasteiger partial charge in [0.2, 0.25) is 11.8 Å². The lowest BCUT2D eigenvalue weighted by molar-refractivity contribution is -0.123. The fraction of sp³-hybridized carbons (Fsp3) is 0.588. The maximum atomic E-state index is 12.1. The first-order valence-electron chi connectivity index (χ1n) is 14.8. The number of phenolic OH excluding ortho intramolecular Hbond substituents is 2. The summed E-state index contributed by atoms with van der Waals surface area (Å²) < 4.78 is 11.4. The Hall–Kier alpha value is -3.10. The van der Waals surface area contributed by atoms with E-state index in [1.54, 1.807) is 0 Å². The number of primary amides is 2. The molecule has 0 aliphatic carbocycles. The van der Waals surface area contributed by atoms with Crippen LogP contribution in [0.25, 0.3) is 0 Å². The zero-order valence-corrected chi connectivity index (χ0v) is 26.8. The van der Waals surface area contributed by atoms with Gasteiger partial charge in [0.15, 0.2) is 0 Å². The van der Waals surface area contributed by atoms with Gasteiger partial charge in [-0.25, -0.2) is 0 Å². The van der Waals surface area contributed by atoms with Crippen molar-refractivity contribution < 1.29 is 29.3 Å². The quantitative estimate of drug-likeness (QED) is 0.214. The Labute approximate surface area is 251 Å². The normalized spacial score (nSPS) is 13.6. The fourth-order valence-electron chi connectivity index (χ4n) is 5.12. The SMILES string of the molecule is Cc1cc(CC(CCOCCOCCC(Cc2cc(C)c(O)c(C(C)(C)C)c2)C(N)=O)C(N)=O)cc(C(C)(C)C)c1O. The number of hydrogen-bond donors (Lipinski definition) is 4. The molecule has 0 aliphatic rings. The average molecular weight is 585 g/mol. The summed E-state index contributed by atoms with van der Waals surface area (Å²) in [5, 5.41) is 21.0. The monoisotopic (exact) mass is 584 g/mol. The molecule has 42 heavy (non-hydrogen) atoms. The molecule has 0 heterocycles. The van der Waals surface area contributed by atoms with Gasteiger partial charge in [0.05, 0.1) is 13.2 Å². The number of rotatable bonds is 15. The van der Waals surface area contributed by atoms with E-state index in [-0.39, 0.29) is 46.0 Å². The summed E-state index contributed by atoms with van der Waals surface area (Å²) in [6.07, 6.45) is 1.91. The van der Waals surface area contributed by atoms with Crippen LogP contribution in [0.3, 0.4) is 0 Å². The molecule has 0 radical (unpaired) electrons. The number of phenols is 2. The standard InChI is InChI=1S/C34H52N2O6/c1-21-15-23(19-27(29(21)37)33(3,4)5)17-25(31(35)39)9-11-41-13-14-42-12-10-26(32(36)40)18-24-16-22(2)30(38)28(20-24)34(6,7)8/h15-16,19-20,25-26,37-38H,9-14,17-18H2,1-8H3,(H2,35,39)(H2,36,40). The number of amides is 2. The first-order chi connectivity index (χ1) is 19.4. The van der Waals surface area contributed by atoms with Crippen molar-refractivity contribution in [2.24, 2.45) is 23.3 Å².